The van der Waals surface area contributed by atoms with Crippen molar-refractivity contribution >= 4 is 23.5 Å². The summed E-state index contributed by atoms with van der Waals surface area (Å²) in [4.78, 5) is 25.5. The van der Waals surface area contributed by atoms with E-state index in [1.54, 1.807) is 0 Å². The van der Waals surface area contributed by atoms with E-state index in [2.05, 4.69) is 62.4 Å². The van der Waals surface area contributed by atoms with Gasteiger partial charge in [-0.3, -0.25) is 19.4 Å². The standard InChI is InChI=1S/C22H29N3O3S/c1-13(2)14-5-7-15(8-6-14)19-18-20(23-17(26)12-29-19)25(24-21(18)27)16-9-10-28-22(3,4)11-16/h5-8,13,16,19H,9-12H2,1-4H3,(H,23,26)(H,24,27)/t16-,19+/m1/s1. The van der Waals surface area contributed by atoms with E-state index in [1.165, 1.54) is 17.3 Å². The summed E-state index contributed by atoms with van der Waals surface area (Å²) in [6, 6.07) is 8.49. The topological polar surface area (TPSA) is 76.1 Å². The third-order valence-corrected chi connectivity index (χ3v) is 7.08. The van der Waals surface area contributed by atoms with Crippen molar-refractivity contribution in [3.8, 4) is 0 Å². The number of benzene rings is 1. The summed E-state index contributed by atoms with van der Waals surface area (Å²) in [7, 11) is 0. The van der Waals surface area contributed by atoms with Crippen LogP contribution in [0.5, 0.6) is 0 Å². The highest BCUT2D eigenvalue weighted by atomic mass is 32.2. The van der Waals surface area contributed by atoms with E-state index in [1.807, 2.05) is 4.68 Å². The zero-order valence-electron chi connectivity index (χ0n) is 17.5. The lowest BCUT2D eigenvalue weighted by Gasteiger charge is -2.36. The number of thioether (sulfide) groups is 1. The highest BCUT2D eigenvalue weighted by molar-refractivity contribution is 8.00. The molecule has 2 aromatic rings. The zero-order chi connectivity index (χ0) is 20.8. The van der Waals surface area contributed by atoms with Crippen molar-refractivity contribution in [3.63, 3.8) is 0 Å². The number of H-pyrrole nitrogens is 1. The first-order valence-electron chi connectivity index (χ1n) is 10.2. The first kappa shape index (κ1) is 20.3. The fourth-order valence-electron chi connectivity index (χ4n) is 4.26. The summed E-state index contributed by atoms with van der Waals surface area (Å²) in [5.41, 5.74) is 2.57. The lowest BCUT2D eigenvalue weighted by molar-refractivity contribution is -0.113. The van der Waals surface area contributed by atoms with Crippen LogP contribution in [0.3, 0.4) is 0 Å². The number of aromatic nitrogens is 2. The molecule has 2 aliphatic rings. The molecular weight excluding hydrogens is 386 g/mol. The normalized spacial score (nSPS) is 24.1. The molecule has 0 bridgehead atoms. The van der Waals surface area contributed by atoms with Crippen molar-refractivity contribution in [2.45, 2.75) is 63.3 Å². The maximum absolute atomic E-state index is 13.0. The molecule has 0 saturated carbocycles. The molecule has 29 heavy (non-hydrogen) atoms. The molecule has 2 atom stereocenters. The molecule has 7 heteroatoms. The molecule has 1 amide bonds. The Morgan fingerprint density at radius 3 is 2.59 bits per heavy atom. The van der Waals surface area contributed by atoms with E-state index in [0.29, 0.717) is 29.7 Å². The molecule has 1 saturated heterocycles. The van der Waals surface area contributed by atoms with Gasteiger partial charge in [0.2, 0.25) is 5.91 Å². The Morgan fingerprint density at radius 1 is 1.21 bits per heavy atom. The average Bonchev–Trinajstić information content (AvgIpc) is 2.87. The molecule has 2 aliphatic heterocycles. The molecule has 0 aliphatic carbocycles. The number of anilines is 1. The minimum Gasteiger partial charge on any atom is -0.375 e. The van der Waals surface area contributed by atoms with E-state index < -0.39 is 0 Å². The van der Waals surface area contributed by atoms with E-state index in [0.717, 1.165) is 18.4 Å². The molecule has 156 valence electrons. The van der Waals surface area contributed by atoms with Crippen LogP contribution < -0.4 is 10.9 Å². The van der Waals surface area contributed by atoms with Crippen LogP contribution in [0.2, 0.25) is 0 Å². The van der Waals surface area contributed by atoms with Crippen molar-refractivity contribution in [1.82, 2.24) is 9.78 Å². The van der Waals surface area contributed by atoms with Crippen molar-refractivity contribution in [2.75, 3.05) is 17.7 Å². The SMILES string of the molecule is CC(C)c1ccc([C@@H]2SCC(=O)Nc3c2c(=O)[nH]n3[C@@H]2CCOC(C)(C)C2)cc1. The summed E-state index contributed by atoms with van der Waals surface area (Å²) in [6.45, 7) is 9.09. The van der Waals surface area contributed by atoms with E-state index in [9.17, 15) is 9.59 Å². The van der Waals surface area contributed by atoms with Crippen LogP contribution in [-0.4, -0.2) is 33.6 Å². The van der Waals surface area contributed by atoms with Crippen LogP contribution in [0, 0.1) is 0 Å². The maximum atomic E-state index is 13.0. The second-order valence-electron chi connectivity index (χ2n) is 8.89. The Bertz CT molecular complexity index is 959. The third kappa shape index (κ3) is 4.03. The summed E-state index contributed by atoms with van der Waals surface area (Å²) in [6.07, 6.45) is 1.58. The van der Waals surface area contributed by atoms with E-state index in [4.69, 9.17) is 4.74 Å². The average molecular weight is 416 g/mol. The van der Waals surface area contributed by atoms with Crippen LogP contribution in [0.1, 0.15) is 74.4 Å². The van der Waals surface area contributed by atoms with Gasteiger partial charge in [-0.05, 0) is 43.7 Å². The maximum Gasteiger partial charge on any atom is 0.270 e. The van der Waals surface area contributed by atoms with Gasteiger partial charge in [0.25, 0.3) is 5.56 Å². The van der Waals surface area contributed by atoms with Gasteiger partial charge in [0.1, 0.15) is 5.82 Å². The number of ether oxygens (including phenoxy) is 1. The lowest BCUT2D eigenvalue weighted by Crippen LogP contribution is -2.36. The first-order valence-corrected chi connectivity index (χ1v) is 11.3. The molecule has 1 aromatic heterocycles. The molecule has 0 unspecified atom stereocenters. The lowest BCUT2D eigenvalue weighted by atomic mass is 9.94. The quantitative estimate of drug-likeness (QED) is 0.788. The third-order valence-electron chi connectivity index (χ3n) is 5.81. The Labute approximate surface area is 175 Å². The smallest absolute Gasteiger partial charge is 0.270 e. The largest absolute Gasteiger partial charge is 0.375 e. The van der Waals surface area contributed by atoms with Gasteiger partial charge in [0, 0.05) is 6.61 Å². The zero-order valence-corrected chi connectivity index (χ0v) is 18.3. The molecule has 3 heterocycles. The minimum absolute atomic E-state index is 0.0726. The Morgan fingerprint density at radius 2 is 1.93 bits per heavy atom. The predicted molar refractivity (Wildman–Crippen MR) is 117 cm³/mol. The van der Waals surface area contributed by atoms with Gasteiger partial charge in [-0.1, -0.05) is 38.1 Å². The number of nitrogens with one attached hydrogen (secondary N) is 2. The number of amides is 1. The van der Waals surface area contributed by atoms with Gasteiger partial charge in [-0.15, -0.1) is 11.8 Å². The fourth-order valence-corrected chi connectivity index (χ4v) is 5.38. The summed E-state index contributed by atoms with van der Waals surface area (Å²) in [5, 5.41) is 5.84. The van der Waals surface area contributed by atoms with Crippen molar-refractivity contribution < 1.29 is 9.53 Å². The van der Waals surface area contributed by atoms with Crippen LogP contribution in [-0.2, 0) is 9.53 Å². The van der Waals surface area contributed by atoms with Gasteiger partial charge in [0.05, 0.1) is 28.2 Å². The molecular formula is C22H29N3O3S. The van der Waals surface area contributed by atoms with E-state index >= 15 is 0 Å². The molecule has 2 N–H and O–H groups in total. The van der Waals surface area contributed by atoms with Gasteiger partial charge >= 0.3 is 0 Å². The Kier molecular flexibility index (Phi) is 5.38. The summed E-state index contributed by atoms with van der Waals surface area (Å²) in [5.74, 6) is 1.32. The van der Waals surface area contributed by atoms with Gasteiger partial charge in [-0.2, -0.15) is 0 Å². The van der Waals surface area contributed by atoms with Crippen LogP contribution >= 0.6 is 11.8 Å². The highest BCUT2D eigenvalue weighted by Gasteiger charge is 2.35. The number of carbonyl (C=O) groups excluding carboxylic acids is 1. The van der Waals surface area contributed by atoms with Crippen LogP contribution in [0.25, 0.3) is 0 Å². The first-order chi connectivity index (χ1) is 13.7. The van der Waals surface area contributed by atoms with Gasteiger partial charge < -0.3 is 10.1 Å². The number of hydrogen-bond acceptors (Lipinski definition) is 4. The van der Waals surface area contributed by atoms with E-state index in [-0.39, 0.29) is 28.4 Å². The summed E-state index contributed by atoms with van der Waals surface area (Å²) >= 11 is 1.51. The number of rotatable bonds is 3. The molecule has 1 fully saturated rings. The Hall–Kier alpha value is -1.99. The Balaban J connectivity index is 1.76. The highest BCUT2D eigenvalue weighted by Crippen LogP contribution is 2.42. The van der Waals surface area contributed by atoms with Crippen LogP contribution in [0.4, 0.5) is 5.82 Å². The fraction of sp³-hybridized carbons (Fsp3) is 0.545. The molecule has 1 aromatic carbocycles. The number of carbonyl (C=O) groups is 1. The summed E-state index contributed by atoms with van der Waals surface area (Å²) < 4.78 is 7.71. The second-order valence-corrected chi connectivity index (χ2v) is 9.98. The second kappa shape index (κ2) is 7.69. The minimum atomic E-state index is -0.257. The van der Waals surface area contributed by atoms with Crippen molar-refractivity contribution in [1.29, 1.82) is 0 Å². The number of nitrogens with zero attached hydrogens (tertiary/aromatic N) is 1. The number of fused-ring (bicyclic) bond motifs is 1. The molecule has 6 nitrogen and oxygen atoms in total. The molecule has 0 spiro atoms. The predicted octanol–water partition coefficient (Wildman–Crippen LogP) is 4.20. The molecule has 4 rings (SSSR count). The van der Waals surface area contributed by atoms with Crippen LogP contribution in [0.15, 0.2) is 29.1 Å². The van der Waals surface area contributed by atoms with Gasteiger partial charge in [0.15, 0.2) is 0 Å². The molecule has 0 radical (unpaired) electrons. The van der Waals surface area contributed by atoms with Crippen molar-refractivity contribution in [3.05, 3.63) is 51.3 Å². The van der Waals surface area contributed by atoms with Gasteiger partial charge in [-0.25, -0.2) is 0 Å². The monoisotopic (exact) mass is 415 g/mol. The van der Waals surface area contributed by atoms with Crippen molar-refractivity contribution in [2.24, 2.45) is 0 Å². The number of hydrogen-bond donors (Lipinski definition) is 2. The number of aromatic amines is 1.